The molecule has 0 spiro atoms. The average molecular weight is 404 g/mol. The van der Waals surface area contributed by atoms with Crippen LogP contribution in [-0.2, 0) is 11.5 Å². The quantitative estimate of drug-likeness (QED) is 0.621. The predicted molar refractivity (Wildman–Crippen MR) is 115 cm³/mol. The number of likely N-dealkylation sites (N-methyl/N-ethyl adjacent to an activating group) is 1. The summed E-state index contributed by atoms with van der Waals surface area (Å²) in [6, 6.07) is 13.9. The first-order valence-electron chi connectivity index (χ1n) is 9.43. The van der Waals surface area contributed by atoms with Crippen molar-refractivity contribution < 1.29 is 4.79 Å². The molecule has 7 heteroatoms. The monoisotopic (exact) mass is 404 g/mol. The molecule has 2 aliphatic rings. The van der Waals surface area contributed by atoms with Gasteiger partial charge in [0, 0.05) is 18.3 Å². The van der Waals surface area contributed by atoms with E-state index in [0.717, 1.165) is 16.9 Å². The summed E-state index contributed by atoms with van der Waals surface area (Å²) in [5, 5.41) is 0. The Bertz CT molecular complexity index is 1330. The molecular formula is C22H20N4O2S. The number of carbonyl (C=O) groups excluding carboxylic acids is 1. The fourth-order valence-electron chi connectivity index (χ4n) is 4.05. The van der Waals surface area contributed by atoms with E-state index >= 15 is 0 Å². The van der Waals surface area contributed by atoms with Crippen molar-refractivity contribution in [2.24, 2.45) is 4.99 Å². The molecule has 1 aromatic heterocycles. The Morgan fingerprint density at radius 1 is 1.03 bits per heavy atom. The molecule has 0 aliphatic carbocycles. The number of nitrogens with zero attached hydrogens (tertiary/aromatic N) is 4. The molecule has 5 rings (SSSR count). The first-order chi connectivity index (χ1) is 13.9. The fraction of sp³-hybridized carbons (Fsp3) is 0.227. The van der Waals surface area contributed by atoms with E-state index in [2.05, 4.69) is 41.9 Å². The Morgan fingerprint density at radius 3 is 2.52 bits per heavy atom. The van der Waals surface area contributed by atoms with Gasteiger partial charge in [-0.1, -0.05) is 35.6 Å². The summed E-state index contributed by atoms with van der Waals surface area (Å²) in [6.07, 6.45) is 0. The molecule has 0 fully saturated rings. The van der Waals surface area contributed by atoms with Crippen LogP contribution in [0.15, 0.2) is 52.3 Å². The average Bonchev–Trinajstić information content (AvgIpc) is 3.15. The number of aryl methyl sites for hydroxylation is 2. The number of para-hydroxylation sites is 1. The normalized spacial score (nSPS) is 17.3. The second kappa shape index (κ2) is 6.42. The molecule has 1 amide bonds. The number of carbonyl (C=O) groups is 1. The number of hydrogen-bond donors (Lipinski definition) is 0. The predicted octanol–water partition coefficient (Wildman–Crippen LogP) is 1.76. The second-order valence-corrected chi connectivity index (χ2v) is 8.51. The van der Waals surface area contributed by atoms with Crippen molar-refractivity contribution in [3.63, 3.8) is 0 Å². The minimum absolute atomic E-state index is 0.145. The zero-order valence-electron chi connectivity index (χ0n) is 16.5. The molecule has 146 valence electrons. The van der Waals surface area contributed by atoms with Gasteiger partial charge in [0.05, 0.1) is 11.3 Å². The highest BCUT2D eigenvalue weighted by Gasteiger charge is 2.32. The Morgan fingerprint density at radius 2 is 1.76 bits per heavy atom. The van der Waals surface area contributed by atoms with E-state index in [1.165, 1.54) is 22.5 Å². The number of hydrogen-bond acceptors (Lipinski definition) is 5. The van der Waals surface area contributed by atoms with Gasteiger partial charge in [-0.2, -0.15) is 0 Å². The number of anilines is 2. The molecule has 0 unspecified atom stereocenters. The molecule has 3 heterocycles. The van der Waals surface area contributed by atoms with Gasteiger partial charge in [0.15, 0.2) is 4.80 Å². The highest BCUT2D eigenvalue weighted by molar-refractivity contribution is 7.07. The van der Waals surface area contributed by atoms with E-state index in [1.54, 1.807) is 16.5 Å². The Labute approximate surface area is 171 Å². The highest BCUT2D eigenvalue weighted by Crippen LogP contribution is 2.33. The maximum atomic E-state index is 13.3. The minimum Gasteiger partial charge on any atom is -0.334 e. The van der Waals surface area contributed by atoms with Gasteiger partial charge in [-0.15, -0.1) is 0 Å². The number of aromatic nitrogens is 1. The summed E-state index contributed by atoms with van der Waals surface area (Å²) in [5.74, 6) is -0.145. The van der Waals surface area contributed by atoms with Crippen molar-refractivity contribution in [3.8, 4) is 0 Å². The van der Waals surface area contributed by atoms with Crippen LogP contribution >= 0.6 is 11.3 Å². The lowest BCUT2D eigenvalue weighted by atomic mass is 10.1. The van der Waals surface area contributed by atoms with Gasteiger partial charge in [-0.3, -0.25) is 14.2 Å². The SMILES string of the molecule is Cc1cc(C)cc(N2CN=c3sc(=C4C(=O)N(C)c5ccccc54)c(=O)n3C2)c1. The molecule has 29 heavy (non-hydrogen) atoms. The van der Waals surface area contributed by atoms with Crippen LogP contribution in [0.4, 0.5) is 11.4 Å². The molecule has 0 saturated carbocycles. The molecule has 6 nitrogen and oxygen atoms in total. The van der Waals surface area contributed by atoms with Crippen molar-refractivity contribution in [1.29, 1.82) is 0 Å². The molecule has 2 aliphatic heterocycles. The lowest BCUT2D eigenvalue weighted by molar-refractivity contribution is -0.112. The molecule has 0 bridgehead atoms. The van der Waals surface area contributed by atoms with Crippen molar-refractivity contribution in [3.05, 3.63) is 78.8 Å². The first kappa shape index (κ1) is 17.9. The summed E-state index contributed by atoms with van der Waals surface area (Å²) in [7, 11) is 1.74. The topological polar surface area (TPSA) is 57.9 Å². The summed E-state index contributed by atoms with van der Waals surface area (Å²) >= 11 is 1.30. The standard InChI is InChI=1S/C22H20N4O2S/c1-13-8-14(2)10-15(9-13)25-11-23-22-26(12-25)21(28)19(29-22)18-16-6-4-5-7-17(16)24(3)20(18)27/h4-10H,11-12H2,1-3H3. The van der Waals surface area contributed by atoms with Gasteiger partial charge in [0.1, 0.15) is 17.9 Å². The van der Waals surface area contributed by atoms with Gasteiger partial charge in [0.2, 0.25) is 0 Å². The number of fused-ring (bicyclic) bond motifs is 2. The third-order valence-corrected chi connectivity index (χ3v) is 6.52. The first-order valence-corrected chi connectivity index (χ1v) is 10.2. The fourth-order valence-corrected chi connectivity index (χ4v) is 5.10. The molecular weight excluding hydrogens is 384 g/mol. The maximum absolute atomic E-state index is 13.3. The lowest BCUT2D eigenvalue weighted by Gasteiger charge is -2.26. The van der Waals surface area contributed by atoms with Crippen LogP contribution in [0.25, 0.3) is 5.57 Å². The summed E-state index contributed by atoms with van der Waals surface area (Å²) in [6.45, 7) is 5.04. The maximum Gasteiger partial charge on any atom is 0.272 e. The largest absolute Gasteiger partial charge is 0.334 e. The van der Waals surface area contributed by atoms with Crippen LogP contribution in [0.3, 0.4) is 0 Å². The van der Waals surface area contributed by atoms with Gasteiger partial charge >= 0.3 is 0 Å². The van der Waals surface area contributed by atoms with Crippen LogP contribution in [0.2, 0.25) is 0 Å². The van der Waals surface area contributed by atoms with E-state index in [0.29, 0.717) is 28.2 Å². The van der Waals surface area contributed by atoms with Crippen LogP contribution in [0.1, 0.15) is 16.7 Å². The molecule has 2 aromatic carbocycles. The zero-order valence-corrected chi connectivity index (χ0v) is 17.3. The summed E-state index contributed by atoms with van der Waals surface area (Å²) in [5.41, 5.74) is 5.36. The highest BCUT2D eigenvalue weighted by atomic mass is 32.1. The van der Waals surface area contributed by atoms with Crippen molar-refractivity contribution in [1.82, 2.24) is 4.57 Å². The van der Waals surface area contributed by atoms with Gasteiger partial charge in [0.25, 0.3) is 11.5 Å². The molecule has 0 N–H and O–H groups in total. The van der Waals surface area contributed by atoms with Crippen molar-refractivity contribution in [2.45, 2.75) is 20.5 Å². The van der Waals surface area contributed by atoms with Crippen molar-refractivity contribution >= 4 is 34.2 Å². The van der Waals surface area contributed by atoms with Gasteiger partial charge in [-0.25, -0.2) is 4.99 Å². The lowest BCUT2D eigenvalue weighted by Crippen LogP contribution is -2.43. The Balaban J connectivity index is 1.66. The Kier molecular flexibility index (Phi) is 3.96. The number of amides is 1. The van der Waals surface area contributed by atoms with Crippen LogP contribution in [-0.4, -0.2) is 24.2 Å². The smallest absolute Gasteiger partial charge is 0.272 e. The van der Waals surface area contributed by atoms with Crippen molar-refractivity contribution in [2.75, 3.05) is 23.5 Å². The molecule has 0 atom stereocenters. The number of rotatable bonds is 1. The van der Waals surface area contributed by atoms with E-state index in [9.17, 15) is 9.59 Å². The second-order valence-electron chi connectivity index (χ2n) is 7.53. The van der Waals surface area contributed by atoms with E-state index in [4.69, 9.17) is 0 Å². The zero-order chi connectivity index (χ0) is 20.3. The number of benzene rings is 2. The molecule has 0 radical (unpaired) electrons. The van der Waals surface area contributed by atoms with Crippen LogP contribution in [0.5, 0.6) is 0 Å². The Hall–Kier alpha value is -3.19. The summed E-state index contributed by atoms with van der Waals surface area (Å²) < 4.78 is 2.13. The third-order valence-electron chi connectivity index (χ3n) is 5.40. The van der Waals surface area contributed by atoms with Gasteiger partial charge in [-0.05, 0) is 43.2 Å². The van der Waals surface area contributed by atoms with Gasteiger partial charge < -0.3 is 9.80 Å². The number of thiazole rings is 1. The van der Waals surface area contributed by atoms with E-state index < -0.39 is 0 Å². The van der Waals surface area contributed by atoms with Crippen LogP contribution < -0.4 is 24.7 Å². The molecule has 3 aromatic rings. The molecule has 0 saturated heterocycles. The van der Waals surface area contributed by atoms with E-state index in [1.807, 2.05) is 24.3 Å². The van der Waals surface area contributed by atoms with Crippen LogP contribution in [0, 0.1) is 13.8 Å². The van der Waals surface area contributed by atoms with E-state index in [-0.39, 0.29) is 11.5 Å². The third kappa shape index (κ3) is 2.73. The summed E-state index contributed by atoms with van der Waals surface area (Å²) in [4.78, 5) is 35.1. The minimum atomic E-state index is -0.156.